The van der Waals surface area contributed by atoms with Crippen molar-refractivity contribution >= 4 is 16.7 Å². The van der Waals surface area contributed by atoms with E-state index in [1.165, 1.54) is 16.8 Å². The highest BCUT2D eigenvalue weighted by Gasteiger charge is 2.37. The van der Waals surface area contributed by atoms with Gasteiger partial charge in [0.1, 0.15) is 0 Å². The van der Waals surface area contributed by atoms with Crippen molar-refractivity contribution in [2.24, 2.45) is 0 Å². The highest BCUT2D eigenvalue weighted by molar-refractivity contribution is 6.10. The summed E-state index contributed by atoms with van der Waals surface area (Å²) in [7, 11) is 0. The Morgan fingerprint density at radius 1 is 1.00 bits per heavy atom. The summed E-state index contributed by atoms with van der Waals surface area (Å²) in [6.45, 7) is 5.34. The van der Waals surface area contributed by atoms with Crippen molar-refractivity contribution in [2.45, 2.75) is 38.6 Å². The second-order valence-electron chi connectivity index (χ2n) is 7.12. The molecule has 0 saturated carbocycles. The first-order valence-corrected chi connectivity index (χ1v) is 8.27. The van der Waals surface area contributed by atoms with Gasteiger partial charge in [-0.1, -0.05) is 62.4 Å². The third-order valence-corrected chi connectivity index (χ3v) is 5.05. The van der Waals surface area contributed by atoms with Crippen LogP contribution in [0.1, 0.15) is 48.3 Å². The van der Waals surface area contributed by atoms with Gasteiger partial charge in [-0.15, -0.1) is 0 Å². The summed E-state index contributed by atoms with van der Waals surface area (Å²) in [6.07, 6.45) is 1.57. The van der Waals surface area contributed by atoms with Gasteiger partial charge in [-0.3, -0.25) is 4.79 Å². The van der Waals surface area contributed by atoms with Crippen LogP contribution in [0.2, 0.25) is 0 Å². The molecule has 0 amide bonds. The minimum absolute atomic E-state index is 0.0248. The molecule has 2 nitrogen and oxygen atoms in total. The number of fused-ring (bicyclic) bond motifs is 3. The molecule has 2 aromatic carbocycles. The zero-order valence-electron chi connectivity index (χ0n) is 13.7. The number of rotatable bonds is 2. The average molecular weight is 303 g/mol. The van der Waals surface area contributed by atoms with Crippen LogP contribution >= 0.6 is 0 Å². The van der Waals surface area contributed by atoms with Gasteiger partial charge in [0.25, 0.3) is 0 Å². The lowest BCUT2D eigenvalue weighted by Crippen LogP contribution is -2.29. The van der Waals surface area contributed by atoms with E-state index in [-0.39, 0.29) is 5.41 Å². The molecule has 4 rings (SSSR count). The first kappa shape index (κ1) is 14.3. The third kappa shape index (κ3) is 2.21. The van der Waals surface area contributed by atoms with Gasteiger partial charge in [0.2, 0.25) is 0 Å². The Morgan fingerprint density at radius 3 is 2.48 bits per heavy atom. The van der Waals surface area contributed by atoms with Crippen LogP contribution in [0.5, 0.6) is 0 Å². The molecule has 1 heterocycles. The van der Waals surface area contributed by atoms with Gasteiger partial charge >= 0.3 is 0 Å². The highest BCUT2D eigenvalue weighted by atomic mass is 16.1. The van der Waals surface area contributed by atoms with Crippen LogP contribution in [0.15, 0.2) is 54.6 Å². The molecule has 0 atom stereocenters. The molecule has 0 unspecified atom stereocenters. The molecule has 1 aliphatic rings. The van der Waals surface area contributed by atoms with Gasteiger partial charge in [0.15, 0.2) is 5.78 Å². The van der Waals surface area contributed by atoms with Crippen LogP contribution in [-0.4, -0.2) is 10.4 Å². The van der Waals surface area contributed by atoms with E-state index < -0.39 is 0 Å². The fraction of sp³-hybridized carbons (Fsp3) is 0.286. The smallest absolute Gasteiger partial charge is 0.165 e. The zero-order chi connectivity index (χ0) is 16.0. The van der Waals surface area contributed by atoms with E-state index in [1.807, 2.05) is 12.1 Å². The van der Waals surface area contributed by atoms with Gasteiger partial charge in [-0.2, -0.15) is 0 Å². The fourth-order valence-corrected chi connectivity index (χ4v) is 3.89. The molecule has 23 heavy (non-hydrogen) atoms. The molecule has 116 valence electrons. The maximum Gasteiger partial charge on any atom is 0.165 e. The normalized spacial score (nSPS) is 16.5. The maximum absolute atomic E-state index is 12.6. The minimum Gasteiger partial charge on any atom is -0.339 e. The quantitative estimate of drug-likeness (QED) is 0.657. The Kier molecular flexibility index (Phi) is 3.15. The van der Waals surface area contributed by atoms with Crippen LogP contribution in [-0.2, 0) is 12.0 Å². The summed E-state index contributed by atoms with van der Waals surface area (Å²) in [5.41, 5.74) is 4.62. The Bertz CT molecular complexity index is 887. The number of benzene rings is 2. The molecule has 0 radical (unpaired) electrons. The molecule has 1 aliphatic carbocycles. The molecule has 0 saturated heterocycles. The third-order valence-electron chi connectivity index (χ3n) is 5.05. The fourth-order valence-electron chi connectivity index (χ4n) is 3.89. The van der Waals surface area contributed by atoms with Gasteiger partial charge in [-0.25, -0.2) is 0 Å². The number of hydrogen-bond acceptors (Lipinski definition) is 1. The maximum atomic E-state index is 12.6. The molecule has 1 aromatic heterocycles. The standard InChI is InChI=1S/C21H21NO/c1-21(2)13-12-18(23)19-16-10-6-7-11-17(16)22(20(19)21)14-15-8-4-3-5-9-15/h3-11H,12-14H2,1-2H3. The van der Waals surface area contributed by atoms with Crippen molar-refractivity contribution in [3.8, 4) is 0 Å². The van der Waals surface area contributed by atoms with Crippen molar-refractivity contribution in [3.63, 3.8) is 0 Å². The van der Waals surface area contributed by atoms with Gasteiger partial charge < -0.3 is 4.57 Å². The number of ketones is 1. The van der Waals surface area contributed by atoms with Crippen molar-refractivity contribution < 1.29 is 4.79 Å². The van der Waals surface area contributed by atoms with Crippen molar-refractivity contribution in [2.75, 3.05) is 0 Å². The minimum atomic E-state index is 0.0248. The van der Waals surface area contributed by atoms with Crippen LogP contribution in [0.4, 0.5) is 0 Å². The van der Waals surface area contributed by atoms with E-state index in [0.29, 0.717) is 12.2 Å². The van der Waals surface area contributed by atoms with Crippen LogP contribution in [0.25, 0.3) is 10.9 Å². The van der Waals surface area contributed by atoms with Crippen LogP contribution in [0, 0.1) is 0 Å². The molecule has 0 spiro atoms. The highest BCUT2D eigenvalue weighted by Crippen LogP contribution is 2.42. The first-order chi connectivity index (χ1) is 11.1. The van der Waals surface area contributed by atoms with Crippen molar-refractivity contribution in [1.29, 1.82) is 0 Å². The summed E-state index contributed by atoms with van der Waals surface area (Å²) in [4.78, 5) is 12.6. The topological polar surface area (TPSA) is 22.0 Å². The first-order valence-electron chi connectivity index (χ1n) is 8.27. The van der Waals surface area contributed by atoms with E-state index in [2.05, 4.69) is 60.9 Å². The van der Waals surface area contributed by atoms with Crippen LogP contribution < -0.4 is 0 Å². The largest absolute Gasteiger partial charge is 0.339 e. The number of para-hydroxylation sites is 1. The Labute approximate surface area is 136 Å². The van der Waals surface area contributed by atoms with E-state index in [9.17, 15) is 4.79 Å². The molecule has 0 N–H and O–H groups in total. The molecule has 0 fully saturated rings. The lowest BCUT2D eigenvalue weighted by molar-refractivity contribution is 0.0956. The molecule has 0 bridgehead atoms. The summed E-state index contributed by atoms with van der Waals surface area (Å²) >= 11 is 0. The molecule has 3 aromatic rings. The van der Waals surface area contributed by atoms with Crippen molar-refractivity contribution in [3.05, 3.63) is 71.4 Å². The van der Waals surface area contributed by atoms with Gasteiger partial charge in [0.05, 0.1) is 0 Å². The molecular formula is C21H21NO. The SMILES string of the molecule is CC1(C)CCC(=O)c2c1n(Cc1ccccc1)c1ccccc21. The monoisotopic (exact) mass is 303 g/mol. The van der Waals surface area contributed by atoms with E-state index in [4.69, 9.17) is 0 Å². The lowest BCUT2D eigenvalue weighted by Gasteiger charge is -2.31. The Morgan fingerprint density at radius 2 is 1.70 bits per heavy atom. The second-order valence-corrected chi connectivity index (χ2v) is 7.12. The number of carbonyl (C=O) groups excluding carboxylic acids is 1. The predicted molar refractivity (Wildman–Crippen MR) is 94.1 cm³/mol. The molecular weight excluding hydrogens is 282 g/mol. The van der Waals surface area contributed by atoms with E-state index in [1.54, 1.807) is 0 Å². The number of aromatic nitrogens is 1. The number of Topliss-reactive ketones (excluding diaryl/α,β-unsaturated/α-hetero) is 1. The summed E-state index contributed by atoms with van der Waals surface area (Å²) in [5.74, 6) is 0.294. The summed E-state index contributed by atoms with van der Waals surface area (Å²) < 4.78 is 2.36. The molecule has 0 aliphatic heterocycles. The second kappa shape index (κ2) is 5.09. The van der Waals surface area contributed by atoms with Crippen LogP contribution in [0.3, 0.4) is 0 Å². The van der Waals surface area contributed by atoms with E-state index in [0.717, 1.165) is 23.9 Å². The Hall–Kier alpha value is -2.35. The van der Waals surface area contributed by atoms with Gasteiger partial charge in [-0.05, 0) is 18.1 Å². The number of hydrogen-bond donors (Lipinski definition) is 0. The van der Waals surface area contributed by atoms with Crippen molar-refractivity contribution in [1.82, 2.24) is 4.57 Å². The van der Waals surface area contributed by atoms with E-state index >= 15 is 0 Å². The number of nitrogens with zero attached hydrogens (tertiary/aromatic N) is 1. The zero-order valence-corrected chi connectivity index (χ0v) is 13.7. The number of carbonyl (C=O) groups is 1. The summed E-state index contributed by atoms with van der Waals surface area (Å²) in [6, 6.07) is 18.8. The molecule has 2 heteroatoms. The Balaban J connectivity index is 2.01. The summed E-state index contributed by atoms with van der Waals surface area (Å²) in [5, 5.41) is 1.11. The predicted octanol–water partition coefficient (Wildman–Crippen LogP) is 4.94. The lowest BCUT2D eigenvalue weighted by atomic mass is 9.75. The van der Waals surface area contributed by atoms with Gasteiger partial charge in [0, 0.05) is 40.5 Å². The average Bonchev–Trinajstić information content (AvgIpc) is 2.89.